The Morgan fingerprint density at radius 3 is 2.53 bits per heavy atom. The normalized spacial score (nSPS) is 11.3. The maximum atomic E-state index is 11.3. The Kier molecular flexibility index (Phi) is 4.07. The second kappa shape index (κ2) is 5.59. The highest BCUT2D eigenvalue weighted by molar-refractivity contribution is 7.90. The van der Waals surface area contributed by atoms with Crippen LogP contribution in [0.2, 0.25) is 5.02 Å². The van der Waals surface area contributed by atoms with Crippen LogP contribution in [0, 0.1) is 0 Å². The van der Waals surface area contributed by atoms with Crippen LogP contribution in [0.4, 0.5) is 5.69 Å². The summed E-state index contributed by atoms with van der Waals surface area (Å²) in [6, 6.07) is 10.7. The summed E-state index contributed by atoms with van der Waals surface area (Å²) in [5.74, 6) is 0. The van der Waals surface area contributed by atoms with Gasteiger partial charge in [0.25, 0.3) is 0 Å². The number of benzene rings is 1. The molecule has 0 radical (unpaired) electrons. The number of sulfone groups is 1. The van der Waals surface area contributed by atoms with E-state index in [4.69, 9.17) is 11.6 Å². The van der Waals surface area contributed by atoms with Crippen molar-refractivity contribution in [3.63, 3.8) is 0 Å². The zero-order chi connectivity index (χ0) is 13.9. The van der Waals surface area contributed by atoms with Crippen molar-refractivity contribution in [2.45, 2.75) is 11.6 Å². The van der Waals surface area contributed by atoms with Gasteiger partial charge in [0.2, 0.25) is 0 Å². The van der Waals surface area contributed by atoms with Gasteiger partial charge in [0, 0.05) is 17.8 Å². The van der Waals surface area contributed by atoms with E-state index in [1.807, 2.05) is 24.3 Å². The molecule has 2 aromatic rings. The number of hydrogen-bond acceptors (Lipinski definition) is 4. The van der Waals surface area contributed by atoms with Gasteiger partial charge in [-0.2, -0.15) is 0 Å². The van der Waals surface area contributed by atoms with Crippen LogP contribution in [0.1, 0.15) is 5.56 Å². The van der Waals surface area contributed by atoms with Gasteiger partial charge < -0.3 is 5.32 Å². The summed E-state index contributed by atoms with van der Waals surface area (Å²) in [6.07, 6.45) is 2.62. The SMILES string of the molecule is CS(=O)(=O)c1ccc(NCc2ccccc2Cl)cn1. The molecule has 0 saturated carbocycles. The molecule has 0 atom stereocenters. The first-order valence-electron chi connectivity index (χ1n) is 5.60. The Bertz CT molecular complexity index is 669. The third-order valence-corrected chi connectivity index (χ3v) is 3.93. The van der Waals surface area contributed by atoms with Crippen LogP contribution >= 0.6 is 11.6 Å². The maximum Gasteiger partial charge on any atom is 0.192 e. The molecule has 4 nitrogen and oxygen atoms in total. The first-order chi connectivity index (χ1) is 8.97. The average molecular weight is 297 g/mol. The average Bonchev–Trinajstić information content (AvgIpc) is 2.37. The third-order valence-electron chi connectivity index (χ3n) is 2.56. The van der Waals surface area contributed by atoms with E-state index in [0.717, 1.165) is 17.5 Å². The lowest BCUT2D eigenvalue weighted by Gasteiger charge is -2.08. The van der Waals surface area contributed by atoms with Gasteiger partial charge in [-0.05, 0) is 23.8 Å². The van der Waals surface area contributed by atoms with E-state index in [2.05, 4.69) is 10.3 Å². The topological polar surface area (TPSA) is 59.1 Å². The third kappa shape index (κ3) is 3.68. The van der Waals surface area contributed by atoms with Crippen LogP contribution in [0.15, 0.2) is 47.6 Å². The van der Waals surface area contributed by atoms with Crippen LogP contribution in [0.3, 0.4) is 0 Å². The molecule has 1 aromatic carbocycles. The van der Waals surface area contributed by atoms with Gasteiger partial charge in [-0.25, -0.2) is 13.4 Å². The summed E-state index contributed by atoms with van der Waals surface area (Å²) >= 11 is 6.04. The zero-order valence-electron chi connectivity index (χ0n) is 10.3. The van der Waals surface area contributed by atoms with Gasteiger partial charge in [-0.3, -0.25) is 0 Å². The molecule has 1 aromatic heterocycles. The molecule has 0 bridgehead atoms. The minimum Gasteiger partial charge on any atom is -0.380 e. The van der Waals surface area contributed by atoms with Crippen molar-refractivity contribution in [1.29, 1.82) is 0 Å². The van der Waals surface area contributed by atoms with Gasteiger partial charge >= 0.3 is 0 Å². The van der Waals surface area contributed by atoms with Crippen molar-refractivity contribution in [1.82, 2.24) is 4.98 Å². The molecule has 19 heavy (non-hydrogen) atoms. The molecular formula is C13H13ClN2O2S. The number of nitrogens with one attached hydrogen (secondary N) is 1. The van der Waals surface area contributed by atoms with Crippen LogP contribution < -0.4 is 5.32 Å². The van der Waals surface area contributed by atoms with Crippen LogP contribution in [-0.4, -0.2) is 19.7 Å². The summed E-state index contributed by atoms with van der Waals surface area (Å²) in [5.41, 5.74) is 1.71. The Hall–Kier alpha value is -1.59. The minimum atomic E-state index is -3.25. The molecule has 1 heterocycles. The fourth-order valence-electron chi connectivity index (χ4n) is 1.54. The number of halogens is 1. The van der Waals surface area contributed by atoms with E-state index in [-0.39, 0.29) is 5.03 Å². The van der Waals surface area contributed by atoms with Crippen LogP contribution in [0.25, 0.3) is 0 Å². The first-order valence-corrected chi connectivity index (χ1v) is 7.87. The number of aromatic nitrogens is 1. The van der Waals surface area contributed by atoms with Gasteiger partial charge in [-0.15, -0.1) is 0 Å². The second-order valence-electron chi connectivity index (χ2n) is 4.10. The van der Waals surface area contributed by atoms with E-state index < -0.39 is 9.84 Å². The van der Waals surface area contributed by atoms with Crippen molar-refractivity contribution >= 4 is 27.1 Å². The van der Waals surface area contributed by atoms with Gasteiger partial charge in [0.05, 0.1) is 11.9 Å². The quantitative estimate of drug-likeness (QED) is 0.942. The molecule has 0 aliphatic heterocycles. The molecule has 2 rings (SSSR count). The molecule has 1 N–H and O–H groups in total. The highest BCUT2D eigenvalue weighted by Gasteiger charge is 2.07. The fourth-order valence-corrected chi connectivity index (χ4v) is 2.31. The molecule has 6 heteroatoms. The molecule has 0 amide bonds. The summed E-state index contributed by atoms with van der Waals surface area (Å²) in [5, 5.41) is 3.89. The lowest BCUT2D eigenvalue weighted by molar-refractivity contribution is 0.598. The lowest BCUT2D eigenvalue weighted by Crippen LogP contribution is -2.03. The first kappa shape index (κ1) is 13.8. The molecule has 0 fully saturated rings. The summed E-state index contributed by atoms with van der Waals surface area (Å²) in [7, 11) is -3.25. The highest BCUT2D eigenvalue weighted by atomic mass is 35.5. The molecule has 100 valence electrons. The molecule has 0 spiro atoms. The van der Waals surface area contributed by atoms with Crippen molar-refractivity contribution in [3.05, 3.63) is 53.2 Å². The van der Waals surface area contributed by atoms with Crippen molar-refractivity contribution in [2.75, 3.05) is 11.6 Å². The number of hydrogen-bond donors (Lipinski definition) is 1. The smallest absolute Gasteiger partial charge is 0.192 e. The standard InChI is InChI=1S/C13H13ClN2O2S/c1-19(17,18)13-7-6-11(9-16-13)15-8-10-4-2-3-5-12(10)14/h2-7,9,15H,8H2,1H3. The Labute approximate surface area is 117 Å². The largest absolute Gasteiger partial charge is 0.380 e. The highest BCUT2D eigenvalue weighted by Crippen LogP contribution is 2.17. The molecule has 0 saturated heterocycles. The molecular weight excluding hydrogens is 284 g/mol. The summed E-state index contributed by atoms with van der Waals surface area (Å²) in [4.78, 5) is 3.90. The van der Waals surface area contributed by atoms with Gasteiger partial charge in [0.15, 0.2) is 14.9 Å². The predicted octanol–water partition coefficient (Wildman–Crippen LogP) is 2.75. The number of pyridine rings is 1. The Morgan fingerprint density at radius 2 is 1.95 bits per heavy atom. The Morgan fingerprint density at radius 1 is 1.21 bits per heavy atom. The molecule has 0 unspecified atom stereocenters. The Balaban J connectivity index is 2.07. The van der Waals surface area contributed by atoms with Crippen LogP contribution in [-0.2, 0) is 16.4 Å². The van der Waals surface area contributed by atoms with Gasteiger partial charge in [0.1, 0.15) is 0 Å². The van der Waals surface area contributed by atoms with Crippen molar-refractivity contribution in [2.24, 2.45) is 0 Å². The van der Waals surface area contributed by atoms with Crippen LogP contribution in [0.5, 0.6) is 0 Å². The second-order valence-corrected chi connectivity index (χ2v) is 6.47. The van der Waals surface area contributed by atoms with Gasteiger partial charge in [-0.1, -0.05) is 29.8 Å². The predicted molar refractivity (Wildman–Crippen MR) is 76.1 cm³/mol. The zero-order valence-corrected chi connectivity index (χ0v) is 11.9. The van der Waals surface area contributed by atoms with E-state index in [1.54, 1.807) is 6.07 Å². The van der Waals surface area contributed by atoms with E-state index in [9.17, 15) is 8.42 Å². The van der Waals surface area contributed by atoms with E-state index in [0.29, 0.717) is 11.6 Å². The number of nitrogens with zero attached hydrogens (tertiary/aromatic N) is 1. The summed E-state index contributed by atoms with van der Waals surface area (Å²) < 4.78 is 22.5. The summed E-state index contributed by atoms with van der Waals surface area (Å²) in [6.45, 7) is 0.555. The van der Waals surface area contributed by atoms with Crippen molar-refractivity contribution < 1.29 is 8.42 Å². The maximum absolute atomic E-state index is 11.3. The number of anilines is 1. The lowest BCUT2D eigenvalue weighted by atomic mass is 10.2. The molecule has 0 aliphatic carbocycles. The fraction of sp³-hybridized carbons (Fsp3) is 0.154. The minimum absolute atomic E-state index is 0.0655. The molecule has 0 aliphatic rings. The van der Waals surface area contributed by atoms with Crippen molar-refractivity contribution in [3.8, 4) is 0 Å². The monoisotopic (exact) mass is 296 g/mol. The number of rotatable bonds is 4. The van der Waals surface area contributed by atoms with E-state index in [1.165, 1.54) is 12.3 Å². The van der Waals surface area contributed by atoms with E-state index >= 15 is 0 Å².